The summed E-state index contributed by atoms with van der Waals surface area (Å²) < 4.78 is 10.7. The number of carbonyl (C=O) groups excluding carboxylic acids is 1. The summed E-state index contributed by atoms with van der Waals surface area (Å²) in [4.78, 5) is 11.6. The van der Waals surface area contributed by atoms with Gasteiger partial charge in [-0.3, -0.25) is 0 Å². The van der Waals surface area contributed by atoms with Gasteiger partial charge in [0.2, 0.25) is 0 Å². The number of benzene rings is 2. The van der Waals surface area contributed by atoms with Gasteiger partial charge in [0.25, 0.3) is 0 Å². The molecule has 0 aliphatic carbocycles. The van der Waals surface area contributed by atoms with Crippen molar-refractivity contribution in [3.05, 3.63) is 71.5 Å². The Morgan fingerprint density at radius 2 is 1.84 bits per heavy atom. The molecule has 1 heterocycles. The number of ether oxygens (including phenoxy) is 2. The van der Waals surface area contributed by atoms with Crippen LogP contribution in [-0.4, -0.2) is 5.97 Å². The lowest BCUT2D eigenvalue weighted by molar-refractivity contribution is 0.0712. The van der Waals surface area contributed by atoms with Crippen molar-refractivity contribution in [2.24, 2.45) is 0 Å². The van der Waals surface area contributed by atoms with E-state index in [4.69, 9.17) is 9.47 Å². The van der Waals surface area contributed by atoms with Gasteiger partial charge in [0, 0.05) is 5.56 Å². The van der Waals surface area contributed by atoms with Crippen LogP contribution in [-0.2, 0) is 4.74 Å². The second kappa shape index (κ2) is 4.61. The quantitative estimate of drug-likeness (QED) is 0.605. The molecular formula is C16H12O3. The summed E-state index contributed by atoms with van der Waals surface area (Å²) in [5.41, 5.74) is 2.45. The minimum absolute atomic E-state index is 0.338. The van der Waals surface area contributed by atoms with Crippen molar-refractivity contribution >= 4 is 11.7 Å². The van der Waals surface area contributed by atoms with Crippen molar-refractivity contribution in [2.75, 3.05) is 0 Å². The summed E-state index contributed by atoms with van der Waals surface area (Å²) in [5.74, 6) is 0.824. The van der Waals surface area contributed by atoms with Gasteiger partial charge in [-0.15, -0.1) is 0 Å². The molecule has 3 heteroatoms. The Morgan fingerprint density at radius 1 is 1.05 bits per heavy atom. The monoisotopic (exact) mass is 252 g/mol. The highest BCUT2D eigenvalue weighted by atomic mass is 16.6. The van der Waals surface area contributed by atoms with E-state index >= 15 is 0 Å². The molecule has 1 aliphatic heterocycles. The number of rotatable bonds is 2. The molecule has 0 radical (unpaired) electrons. The molecule has 3 rings (SSSR count). The third kappa shape index (κ3) is 2.22. The first-order valence-corrected chi connectivity index (χ1v) is 5.99. The number of aryl methyl sites for hydroxylation is 1. The van der Waals surface area contributed by atoms with Gasteiger partial charge in [-0.1, -0.05) is 30.3 Å². The van der Waals surface area contributed by atoms with Crippen LogP contribution < -0.4 is 4.74 Å². The topological polar surface area (TPSA) is 35.5 Å². The van der Waals surface area contributed by atoms with Crippen LogP contribution in [0.1, 0.15) is 21.5 Å². The lowest BCUT2D eigenvalue weighted by Gasteiger charge is -2.02. The molecule has 0 unspecified atom stereocenters. The van der Waals surface area contributed by atoms with Gasteiger partial charge in [0.05, 0.1) is 5.56 Å². The van der Waals surface area contributed by atoms with Gasteiger partial charge in [-0.2, -0.15) is 0 Å². The predicted octanol–water partition coefficient (Wildman–Crippen LogP) is 3.54. The first kappa shape index (κ1) is 11.5. The summed E-state index contributed by atoms with van der Waals surface area (Å²) in [6.07, 6.45) is 1.47. The van der Waals surface area contributed by atoms with Gasteiger partial charge < -0.3 is 9.47 Å². The van der Waals surface area contributed by atoms with Gasteiger partial charge >= 0.3 is 5.97 Å². The van der Waals surface area contributed by atoms with E-state index in [-0.39, 0.29) is 5.97 Å². The Bertz CT molecular complexity index is 671. The third-order valence-electron chi connectivity index (χ3n) is 2.91. The van der Waals surface area contributed by atoms with E-state index in [0.29, 0.717) is 17.1 Å². The molecule has 0 saturated heterocycles. The zero-order valence-electron chi connectivity index (χ0n) is 10.4. The van der Waals surface area contributed by atoms with Crippen LogP contribution in [0.3, 0.4) is 0 Å². The molecule has 0 fully saturated rings. The van der Waals surface area contributed by atoms with Crippen molar-refractivity contribution in [1.82, 2.24) is 0 Å². The van der Waals surface area contributed by atoms with Crippen LogP contribution >= 0.6 is 0 Å². The van der Waals surface area contributed by atoms with Gasteiger partial charge in [-0.05, 0) is 30.7 Å². The van der Waals surface area contributed by atoms with E-state index in [1.54, 1.807) is 6.07 Å². The minimum Gasteiger partial charge on any atom is -0.461 e. The van der Waals surface area contributed by atoms with Crippen LogP contribution in [0.2, 0.25) is 0 Å². The molecule has 2 aromatic rings. The highest BCUT2D eigenvalue weighted by molar-refractivity contribution is 6.02. The smallest absolute Gasteiger partial charge is 0.344 e. The molecule has 0 aromatic heterocycles. The number of hydrogen-bond acceptors (Lipinski definition) is 3. The Hall–Kier alpha value is -2.55. The minimum atomic E-state index is -0.338. The maximum Gasteiger partial charge on any atom is 0.344 e. The van der Waals surface area contributed by atoms with Crippen molar-refractivity contribution < 1.29 is 14.3 Å². The van der Waals surface area contributed by atoms with Gasteiger partial charge in [0.1, 0.15) is 12.0 Å². The molecule has 1 aliphatic rings. The fourth-order valence-electron chi connectivity index (χ4n) is 1.98. The van der Waals surface area contributed by atoms with E-state index in [1.165, 1.54) is 6.26 Å². The van der Waals surface area contributed by atoms with Crippen molar-refractivity contribution in [3.63, 3.8) is 0 Å². The summed E-state index contributed by atoms with van der Waals surface area (Å²) in [6, 6.07) is 14.9. The van der Waals surface area contributed by atoms with Gasteiger partial charge in [-0.25, -0.2) is 4.79 Å². The highest BCUT2D eigenvalue weighted by Crippen LogP contribution is 2.29. The second-order valence-electron chi connectivity index (χ2n) is 4.35. The average molecular weight is 252 g/mol. The van der Waals surface area contributed by atoms with Crippen molar-refractivity contribution in [2.45, 2.75) is 6.92 Å². The number of cyclic esters (lactones) is 1. The van der Waals surface area contributed by atoms with Crippen LogP contribution in [0.4, 0.5) is 0 Å². The number of fused-ring (bicyclic) bond motifs is 1. The predicted molar refractivity (Wildman–Crippen MR) is 71.6 cm³/mol. The Labute approximate surface area is 111 Å². The Kier molecular flexibility index (Phi) is 2.80. The normalized spacial score (nSPS) is 15.2. The molecule has 19 heavy (non-hydrogen) atoms. The lowest BCUT2D eigenvalue weighted by Crippen LogP contribution is -1.92. The molecule has 3 nitrogen and oxygen atoms in total. The lowest BCUT2D eigenvalue weighted by atomic mass is 10.1. The highest BCUT2D eigenvalue weighted by Gasteiger charge is 2.25. The van der Waals surface area contributed by atoms with Crippen LogP contribution in [0.25, 0.3) is 5.76 Å². The first-order valence-electron chi connectivity index (χ1n) is 5.99. The van der Waals surface area contributed by atoms with E-state index in [2.05, 4.69) is 0 Å². The van der Waals surface area contributed by atoms with Crippen LogP contribution in [0, 0.1) is 6.92 Å². The average Bonchev–Trinajstić information content (AvgIpc) is 2.74. The van der Waals surface area contributed by atoms with Gasteiger partial charge in [0.15, 0.2) is 5.76 Å². The molecular weight excluding hydrogens is 240 g/mol. The van der Waals surface area contributed by atoms with E-state index in [9.17, 15) is 4.79 Å². The van der Waals surface area contributed by atoms with Crippen molar-refractivity contribution in [3.8, 4) is 5.75 Å². The van der Waals surface area contributed by atoms with Crippen LogP contribution in [0.15, 0.2) is 54.8 Å². The Morgan fingerprint density at radius 3 is 2.63 bits per heavy atom. The number of carbonyl (C=O) groups is 1. The molecule has 0 spiro atoms. The summed E-state index contributed by atoms with van der Waals surface area (Å²) >= 11 is 0. The van der Waals surface area contributed by atoms with E-state index in [1.807, 2.05) is 49.4 Å². The molecule has 0 bridgehead atoms. The maximum absolute atomic E-state index is 11.6. The largest absolute Gasteiger partial charge is 0.461 e. The first-order chi connectivity index (χ1) is 9.24. The van der Waals surface area contributed by atoms with E-state index in [0.717, 1.165) is 11.1 Å². The van der Waals surface area contributed by atoms with Crippen LogP contribution in [0.5, 0.6) is 5.75 Å². The van der Waals surface area contributed by atoms with E-state index < -0.39 is 0 Å². The molecule has 0 saturated carbocycles. The SMILES string of the molecule is Cc1cccc(O/C=C2/OC(=O)c3ccccc32)c1. The fourth-order valence-corrected chi connectivity index (χ4v) is 1.98. The standard InChI is InChI=1S/C16H12O3/c1-11-5-4-6-12(9-11)18-10-15-13-7-2-3-8-14(13)16(17)19-15/h2-10H,1H3/b15-10+. The molecule has 0 amide bonds. The molecule has 94 valence electrons. The summed E-state index contributed by atoms with van der Waals surface area (Å²) in [5, 5.41) is 0. The summed E-state index contributed by atoms with van der Waals surface area (Å²) in [7, 11) is 0. The molecule has 0 N–H and O–H groups in total. The van der Waals surface area contributed by atoms with Crippen molar-refractivity contribution in [1.29, 1.82) is 0 Å². The molecule has 0 atom stereocenters. The number of esters is 1. The zero-order valence-corrected chi connectivity index (χ0v) is 10.4. The third-order valence-corrected chi connectivity index (χ3v) is 2.91. The zero-order chi connectivity index (χ0) is 13.2. The Balaban J connectivity index is 1.88. The molecule has 2 aromatic carbocycles. The summed E-state index contributed by atoms with van der Waals surface area (Å²) in [6.45, 7) is 1.99. The maximum atomic E-state index is 11.6. The number of hydrogen-bond donors (Lipinski definition) is 0. The fraction of sp³-hybridized carbons (Fsp3) is 0.0625. The second-order valence-corrected chi connectivity index (χ2v) is 4.35.